The molecule has 0 spiro atoms. The minimum absolute atomic E-state index is 0.0406. The summed E-state index contributed by atoms with van der Waals surface area (Å²) in [5.74, 6) is -1.90. The van der Waals surface area contributed by atoms with E-state index in [4.69, 9.17) is 0 Å². The number of nitrogens with one attached hydrogen (secondary N) is 3. The highest BCUT2D eigenvalue weighted by Gasteiger charge is 2.17. The summed E-state index contributed by atoms with van der Waals surface area (Å²) in [5, 5.41) is 7.78. The van der Waals surface area contributed by atoms with Crippen LogP contribution in [0, 0.1) is 0 Å². The van der Waals surface area contributed by atoms with Crippen LogP contribution in [0.15, 0.2) is 48.7 Å². The van der Waals surface area contributed by atoms with Gasteiger partial charge in [0.2, 0.25) is 0 Å². The van der Waals surface area contributed by atoms with Gasteiger partial charge in [0.1, 0.15) is 0 Å². The predicted octanol–water partition coefficient (Wildman–Crippen LogP) is 1.52. The van der Waals surface area contributed by atoms with Gasteiger partial charge >= 0.3 is 11.8 Å². The van der Waals surface area contributed by atoms with Crippen molar-refractivity contribution in [2.24, 2.45) is 0 Å². The molecule has 0 unspecified atom stereocenters. The van der Waals surface area contributed by atoms with Crippen LogP contribution in [-0.4, -0.2) is 35.3 Å². The molecule has 7 heteroatoms. The summed E-state index contributed by atoms with van der Waals surface area (Å²) >= 11 is 0. The molecule has 136 valence electrons. The molecular weight excluding hydrogens is 332 g/mol. The molecule has 3 amide bonds. The lowest BCUT2D eigenvalue weighted by atomic mass is 10.1. The molecule has 0 aliphatic heterocycles. The molecule has 0 radical (unpaired) electrons. The van der Waals surface area contributed by atoms with Crippen molar-refractivity contribution in [2.75, 3.05) is 11.9 Å². The van der Waals surface area contributed by atoms with Gasteiger partial charge in [-0.15, -0.1) is 0 Å². The molecule has 26 heavy (non-hydrogen) atoms. The van der Waals surface area contributed by atoms with Crippen molar-refractivity contribution in [1.82, 2.24) is 15.6 Å². The highest BCUT2D eigenvalue weighted by Crippen LogP contribution is 2.15. The smallest absolute Gasteiger partial charge is 0.313 e. The van der Waals surface area contributed by atoms with Crippen molar-refractivity contribution >= 4 is 23.4 Å². The number of rotatable bonds is 6. The van der Waals surface area contributed by atoms with E-state index in [-0.39, 0.29) is 17.6 Å². The topological polar surface area (TPSA) is 100 Å². The number of pyridine rings is 1. The van der Waals surface area contributed by atoms with Crippen LogP contribution in [0.5, 0.6) is 0 Å². The van der Waals surface area contributed by atoms with Crippen LogP contribution < -0.4 is 16.0 Å². The van der Waals surface area contributed by atoms with E-state index in [0.29, 0.717) is 18.5 Å². The maximum absolute atomic E-state index is 12.2. The number of anilines is 1. The first-order valence-electron chi connectivity index (χ1n) is 8.36. The number of carbonyl (C=O) groups is 3. The Morgan fingerprint density at radius 2 is 1.73 bits per heavy atom. The van der Waals surface area contributed by atoms with Crippen molar-refractivity contribution in [3.8, 4) is 0 Å². The summed E-state index contributed by atoms with van der Waals surface area (Å²) in [5.41, 5.74) is 1.41. The van der Waals surface area contributed by atoms with Crippen molar-refractivity contribution in [2.45, 2.75) is 26.3 Å². The molecule has 0 aliphatic rings. The van der Waals surface area contributed by atoms with Crippen LogP contribution in [0.4, 0.5) is 5.69 Å². The molecule has 0 atom stereocenters. The van der Waals surface area contributed by atoms with Gasteiger partial charge < -0.3 is 16.0 Å². The van der Waals surface area contributed by atoms with Crippen LogP contribution >= 0.6 is 0 Å². The van der Waals surface area contributed by atoms with Crippen LogP contribution in [0.3, 0.4) is 0 Å². The van der Waals surface area contributed by atoms with Crippen LogP contribution in [-0.2, 0) is 16.0 Å². The Bertz CT molecular complexity index is 775. The Labute approximate surface area is 152 Å². The lowest BCUT2D eigenvalue weighted by Gasteiger charge is -2.13. The van der Waals surface area contributed by atoms with Gasteiger partial charge in [-0.1, -0.05) is 18.2 Å². The summed E-state index contributed by atoms with van der Waals surface area (Å²) in [6.07, 6.45) is 2.19. The molecule has 1 aromatic carbocycles. The van der Waals surface area contributed by atoms with Gasteiger partial charge in [-0.25, -0.2) is 0 Å². The highest BCUT2D eigenvalue weighted by atomic mass is 16.2. The average Bonchev–Trinajstić information content (AvgIpc) is 2.62. The van der Waals surface area contributed by atoms with Crippen LogP contribution in [0.1, 0.15) is 29.9 Å². The Kier molecular flexibility index (Phi) is 6.84. The molecule has 0 fully saturated rings. The highest BCUT2D eigenvalue weighted by molar-refractivity contribution is 6.40. The summed E-state index contributed by atoms with van der Waals surface area (Å²) in [6, 6.07) is 12.0. The van der Waals surface area contributed by atoms with Crippen molar-refractivity contribution in [3.63, 3.8) is 0 Å². The van der Waals surface area contributed by atoms with Gasteiger partial charge in [0.05, 0.1) is 11.3 Å². The number of hydrogen-bond acceptors (Lipinski definition) is 4. The summed E-state index contributed by atoms with van der Waals surface area (Å²) in [4.78, 5) is 40.4. The molecule has 2 rings (SSSR count). The van der Waals surface area contributed by atoms with Crippen LogP contribution in [0.2, 0.25) is 0 Å². The van der Waals surface area contributed by atoms with Crippen LogP contribution in [0.25, 0.3) is 0 Å². The third-order valence-corrected chi connectivity index (χ3v) is 3.44. The molecule has 0 bridgehead atoms. The predicted molar refractivity (Wildman–Crippen MR) is 98.6 cm³/mol. The third-order valence-electron chi connectivity index (χ3n) is 3.44. The van der Waals surface area contributed by atoms with E-state index in [0.717, 1.165) is 5.69 Å². The number of para-hydroxylation sites is 1. The minimum atomic E-state index is -0.823. The normalized spacial score (nSPS) is 10.3. The second kappa shape index (κ2) is 9.31. The van der Waals surface area contributed by atoms with Gasteiger partial charge in [0.15, 0.2) is 0 Å². The molecule has 7 nitrogen and oxygen atoms in total. The molecule has 3 N–H and O–H groups in total. The number of aromatic nitrogens is 1. The molecule has 1 aromatic heterocycles. The lowest BCUT2D eigenvalue weighted by molar-refractivity contribution is -0.136. The van der Waals surface area contributed by atoms with E-state index in [1.807, 2.05) is 32.0 Å². The quantitative estimate of drug-likeness (QED) is 0.685. The van der Waals surface area contributed by atoms with E-state index >= 15 is 0 Å². The molecule has 2 aromatic rings. The Balaban J connectivity index is 1.92. The lowest BCUT2D eigenvalue weighted by Crippen LogP contribution is -2.37. The second-order valence-electron chi connectivity index (χ2n) is 5.95. The van der Waals surface area contributed by atoms with Gasteiger partial charge in [0, 0.05) is 30.9 Å². The van der Waals surface area contributed by atoms with Crippen molar-refractivity contribution in [3.05, 3.63) is 59.9 Å². The molecule has 0 aliphatic carbocycles. The van der Waals surface area contributed by atoms with E-state index in [2.05, 4.69) is 20.9 Å². The van der Waals surface area contributed by atoms with E-state index in [1.54, 1.807) is 30.5 Å². The van der Waals surface area contributed by atoms with E-state index in [1.165, 1.54) is 0 Å². The monoisotopic (exact) mass is 354 g/mol. The Morgan fingerprint density at radius 3 is 2.42 bits per heavy atom. The largest absolute Gasteiger partial charge is 0.350 e. The van der Waals surface area contributed by atoms with Gasteiger partial charge in [-0.3, -0.25) is 19.4 Å². The first-order chi connectivity index (χ1) is 12.5. The van der Waals surface area contributed by atoms with Crippen molar-refractivity contribution < 1.29 is 14.4 Å². The Morgan fingerprint density at radius 1 is 1.00 bits per heavy atom. The van der Waals surface area contributed by atoms with Gasteiger partial charge in [-0.05, 0) is 38.1 Å². The fourth-order valence-electron chi connectivity index (χ4n) is 2.24. The van der Waals surface area contributed by atoms with E-state index in [9.17, 15) is 14.4 Å². The minimum Gasteiger partial charge on any atom is -0.350 e. The van der Waals surface area contributed by atoms with Gasteiger partial charge in [-0.2, -0.15) is 0 Å². The zero-order valence-corrected chi connectivity index (χ0v) is 14.8. The molecular formula is C19H22N4O3. The molecule has 1 heterocycles. The number of benzene rings is 1. The van der Waals surface area contributed by atoms with Gasteiger partial charge in [0.25, 0.3) is 5.91 Å². The maximum Gasteiger partial charge on any atom is 0.313 e. The number of hydrogen-bond donors (Lipinski definition) is 3. The molecule has 0 saturated carbocycles. The standard InChI is InChI=1S/C19H22N4O3/c1-13(2)22-17(24)15-8-3-4-9-16(15)23-19(26)18(25)21-12-10-14-7-5-6-11-20-14/h3-9,11,13H,10,12H2,1-2H3,(H,21,25)(H,22,24)(H,23,26). The second-order valence-corrected chi connectivity index (χ2v) is 5.95. The zero-order chi connectivity index (χ0) is 18.9. The third kappa shape index (κ3) is 5.70. The first-order valence-corrected chi connectivity index (χ1v) is 8.36. The van der Waals surface area contributed by atoms with Crippen molar-refractivity contribution in [1.29, 1.82) is 0 Å². The molecule has 0 saturated heterocycles. The summed E-state index contributed by atoms with van der Waals surface area (Å²) < 4.78 is 0. The Hall–Kier alpha value is -3.22. The SMILES string of the molecule is CC(C)NC(=O)c1ccccc1NC(=O)C(=O)NCCc1ccccn1. The number of amides is 3. The summed E-state index contributed by atoms with van der Waals surface area (Å²) in [6.45, 7) is 3.97. The number of nitrogens with zero attached hydrogens (tertiary/aromatic N) is 1. The maximum atomic E-state index is 12.2. The average molecular weight is 354 g/mol. The van der Waals surface area contributed by atoms with E-state index < -0.39 is 11.8 Å². The fourth-order valence-corrected chi connectivity index (χ4v) is 2.24. The fraction of sp³-hybridized carbons (Fsp3) is 0.263. The number of carbonyl (C=O) groups excluding carboxylic acids is 3. The zero-order valence-electron chi connectivity index (χ0n) is 14.8. The first kappa shape index (κ1) is 19.1. The summed E-state index contributed by atoms with van der Waals surface area (Å²) in [7, 11) is 0.